The van der Waals surface area contributed by atoms with Crippen LogP contribution < -0.4 is 5.32 Å². The van der Waals surface area contributed by atoms with Crippen LogP contribution >= 0.6 is 0 Å². The molecule has 1 aliphatic rings. The number of carboxylic acid groups (broad SMARTS) is 1. The van der Waals surface area contributed by atoms with Crippen molar-refractivity contribution >= 4 is 23.5 Å². The molecule has 0 spiro atoms. The lowest BCUT2D eigenvalue weighted by atomic mass is 9.69. The van der Waals surface area contributed by atoms with Crippen molar-refractivity contribution < 1.29 is 29.3 Å². The van der Waals surface area contributed by atoms with Gasteiger partial charge in [-0.15, -0.1) is 0 Å². The van der Waals surface area contributed by atoms with E-state index in [2.05, 4.69) is 5.32 Å². The van der Waals surface area contributed by atoms with Gasteiger partial charge in [0.1, 0.15) is 17.1 Å². The third kappa shape index (κ3) is 4.29. The monoisotopic (exact) mass is 349 g/mol. The number of aromatic hydroxyl groups is 1. The second-order valence-corrected chi connectivity index (χ2v) is 7.28. The van der Waals surface area contributed by atoms with Gasteiger partial charge >= 0.3 is 12.1 Å². The highest BCUT2D eigenvalue weighted by molar-refractivity contribution is 5.89. The molecule has 1 amide bonds. The third-order valence-corrected chi connectivity index (χ3v) is 4.26. The lowest BCUT2D eigenvalue weighted by Crippen LogP contribution is -2.39. The summed E-state index contributed by atoms with van der Waals surface area (Å²) in [6.45, 7) is 5.16. The van der Waals surface area contributed by atoms with Crippen LogP contribution in [0.25, 0.3) is 0 Å². The zero-order valence-corrected chi connectivity index (χ0v) is 14.6. The number of carbonyl (C=O) groups is 3. The predicted octanol–water partition coefficient (Wildman–Crippen LogP) is 3.20. The van der Waals surface area contributed by atoms with Crippen LogP contribution in [-0.4, -0.2) is 33.7 Å². The van der Waals surface area contributed by atoms with E-state index in [1.54, 1.807) is 26.8 Å². The number of carbonyl (C=O) groups excluding carboxylic acids is 2. The molecule has 0 unspecified atom stereocenters. The minimum atomic E-state index is -1.20. The molecule has 0 radical (unpaired) electrons. The number of hydrogen-bond acceptors (Lipinski definition) is 5. The van der Waals surface area contributed by atoms with Crippen LogP contribution in [0.5, 0.6) is 5.75 Å². The zero-order chi connectivity index (χ0) is 18.8. The van der Waals surface area contributed by atoms with Crippen molar-refractivity contribution in [1.82, 2.24) is 0 Å². The van der Waals surface area contributed by atoms with Crippen LogP contribution in [-0.2, 0) is 19.7 Å². The topological polar surface area (TPSA) is 113 Å². The van der Waals surface area contributed by atoms with Crippen molar-refractivity contribution in [3.8, 4) is 5.75 Å². The first-order valence-electron chi connectivity index (χ1n) is 8.12. The Morgan fingerprint density at radius 2 is 1.80 bits per heavy atom. The first-order chi connectivity index (χ1) is 11.5. The number of rotatable bonds is 3. The molecule has 0 atom stereocenters. The van der Waals surface area contributed by atoms with Crippen molar-refractivity contribution in [1.29, 1.82) is 0 Å². The number of phenolic OH excluding ortho intramolecular Hbond substituents is 1. The second kappa shape index (κ2) is 6.74. The number of phenols is 1. The van der Waals surface area contributed by atoms with E-state index in [-0.39, 0.29) is 42.9 Å². The van der Waals surface area contributed by atoms with Gasteiger partial charge in [-0.25, -0.2) is 4.79 Å². The smallest absolute Gasteiger partial charge is 0.412 e. The average Bonchev–Trinajstić information content (AvgIpc) is 2.48. The van der Waals surface area contributed by atoms with Crippen LogP contribution in [0.2, 0.25) is 0 Å². The molecular weight excluding hydrogens is 326 g/mol. The minimum Gasteiger partial charge on any atom is -0.506 e. The average molecular weight is 349 g/mol. The quantitative estimate of drug-likeness (QED) is 0.722. The summed E-state index contributed by atoms with van der Waals surface area (Å²) in [5.41, 5.74) is -1.33. The fourth-order valence-corrected chi connectivity index (χ4v) is 2.93. The van der Waals surface area contributed by atoms with Gasteiger partial charge in [-0.2, -0.15) is 0 Å². The molecule has 1 aliphatic carbocycles. The Morgan fingerprint density at radius 3 is 2.28 bits per heavy atom. The molecule has 25 heavy (non-hydrogen) atoms. The maximum atomic E-state index is 11.8. The Hall–Kier alpha value is -2.57. The number of amides is 1. The summed E-state index contributed by atoms with van der Waals surface area (Å²) in [6, 6.07) is 4.32. The molecule has 7 nitrogen and oxygen atoms in total. The first-order valence-corrected chi connectivity index (χ1v) is 8.12. The molecule has 0 aromatic heterocycles. The summed E-state index contributed by atoms with van der Waals surface area (Å²) >= 11 is 0. The van der Waals surface area contributed by atoms with Gasteiger partial charge in [0.15, 0.2) is 0 Å². The van der Waals surface area contributed by atoms with Gasteiger partial charge in [0.25, 0.3) is 0 Å². The summed E-state index contributed by atoms with van der Waals surface area (Å²) in [5.74, 6) is -1.22. The van der Waals surface area contributed by atoms with E-state index < -0.39 is 23.1 Å². The van der Waals surface area contributed by atoms with E-state index in [9.17, 15) is 24.6 Å². The fraction of sp³-hybridized carbons (Fsp3) is 0.500. The molecule has 0 aliphatic heterocycles. The van der Waals surface area contributed by atoms with Gasteiger partial charge in [0, 0.05) is 12.8 Å². The lowest BCUT2D eigenvalue weighted by Gasteiger charge is -2.33. The highest BCUT2D eigenvalue weighted by atomic mass is 16.6. The van der Waals surface area contributed by atoms with Crippen LogP contribution in [0.4, 0.5) is 10.5 Å². The molecular formula is C18H23NO6. The molecule has 0 bridgehead atoms. The van der Waals surface area contributed by atoms with Crippen molar-refractivity contribution in [2.75, 3.05) is 5.32 Å². The summed E-state index contributed by atoms with van der Waals surface area (Å²) in [5, 5.41) is 22.3. The van der Waals surface area contributed by atoms with E-state index in [0.29, 0.717) is 5.56 Å². The van der Waals surface area contributed by atoms with Gasteiger partial charge in [-0.05, 0) is 51.3 Å². The summed E-state index contributed by atoms with van der Waals surface area (Å²) < 4.78 is 5.12. The molecule has 1 aromatic carbocycles. The van der Waals surface area contributed by atoms with Crippen molar-refractivity contribution in [3.63, 3.8) is 0 Å². The maximum absolute atomic E-state index is 11.8. The Kier molecular flexibility index (Phi) is 5.06. The van der Waals surface area contributed by atoms with Gasteiger partial charge in [-0.1, -0.05) is 6.07 Å². The Balaban J connectivity index is 2.24. The number of ether oxygens (including phenoxy) is 1. The van der Waals surface area contributed by atoms with Crippen LogP contribution in [0.15, 0.2) is 18.2 Å². The van der Waals surface area contributed by atoms with Crippen LogP contribution in [0.1, 0.15) is 52.0 Å². The zero-order valence-electron chi connectivity index (χ0n) is 14.6. The molecule has 1 fully saturated rings. The number of anilines is 1. The van der Waals surface area contributed by atoms with Crippen molar-refractivity contribution in [3.05, 3.63) is 23.8 Å². The fourth-order valence-electron chi connectivity index (χ4n) is 2.93. The Labute approximate surface area is 146 Å². The molecule has 7 heteroatoms. The highest BCUT2D eigenvalue weighted by Crippen LogP contribution is 2.41. The Bertz CT molecular complexity index is 694. The standard InChI is InChI=1S/C18H23NO6/c1-17(2,3)25-16(24)19-13-5-4-11(10-14(13)21)18(15(22)23)8-6-12(20)7-9-18/h4-5,10,21H,6-9H2,1-3H3,(H,19,24)(H,22,23). The van der Waals surface area contributed by atoms with Crippen molar-refractivity contribution in [2.45, 2.75) is 57.5 Å². The van der Waals surface area contributed by atoms with E-state index >= 15 is 0 Å². The van der Waals surface area contributed by atoms with Crippen LogP contribution in [0.3, 0.4) is 0 Å². The van der Waals surface area contributed by atoms with E-state index in [0.717, 1.165) is 0 Å². The number of nitrogens with one attached hydrogen (secondary N) is 1. The highest BCUT2D eigenvalue weighted by Gasteiger charge is 2.43. The van der Waals surface area contributed by atoms with Gasteiger partial charge in [-0.3, -0.25) is 14.9 Å². The second-order valence-electron chi connectivity index (χ2n) is 7.28. The van der Waals surface area contributed by atoms with E-state index in [4.69, 9.17) is 4.74 Å². The Morgan fingerprint density at radius 1 is 1.20 bits per heavy atom. The number of benzene rings is 1. The normalized spacial score (nSPS) is 17.0. The maximum Gasteiger partial charge on any atom is 0.412 e. The third-order valence-electron chi connectivity index (χ3n) is 4.26. The number of Topliss-reactive ketones (excluding diaryl/α,β-unsaturated/α-hetero) is 1. The number of hydrogen-bond donors (Lipinski definition) is 3. The largest absolute Gasteiger partial charge is 0.506 e. The summed E-state index contributed by atoms with van der Waals surface area (Å²) in [4.78, 5) is 35.1. The molecule has 136 valence electrons. The predicted molar refractivity (Wildman–Crippen MR) is 90.8 cm³/mol. The molecule has 1 saturated carbocycles. The van der Waals surface area contributed by atoms with Gasteiger partial charge in [0.2, 0.25) is 0 Å². The van der Waals surface area contributed by atoms with Gasteiger partial charge in [0.05, 0.1) is 11.1 Å². The van der Waals surface area contributed by atoms with Gasteiger partial charge < -0.3 is 14.9 Å². The lowest BCUT2D eigenvalue weighted by molar-refractivity contribution is -0.146. The SMILES string of the molecule is CC(C)(C)OC(=O)Nc1ccc(C2(C(=O)O)CCC(=O)CC2)cc1O. The first kappa shape index (κ1) is 18.8. The number of carboxylic acids is 1. The molecule has 0 saturated heterocycles. The van der Waals surface area contributed by atoms with E-state index in [1.165, 1.54) is 12.1 Å². The summed E-state index contributed by atoms with van der Waals surface area (Å²) in [7, 11) is 0. The number of aliphatic carboxylic acids is 1. The van der Waals surface area contributed by atoms with E-state index in [1.807, 2.05) is 0 Å². The van der Waals surface area contributed by atoms with Crippen LogP contribution in [0, 0.1) is 0 Å². The number of ketones is 1. The molecule has 2 rings (SSSR count). The molecule has 3 N–H and O–H groups in total. The summed E-state index contributed by atoms with van der Waals surface area (Å²) in [6.07, 6.45) is 0.0706. The van der Waals surface area contributed by atoms with Crippen molar-refractivity contribution in [2.24, 2.45) is 0 Å². The molecule has 0 heterocycles. The molecule has 1 aromatic rings. The minimum absolute atomic E-state index is 0.0457.